The maximum atomic E-state index is 10.0. The number of aliphatic hydroxyl groups excluding tert-OH is 1. The number of hydrogen-bond acceptors (Lipinski definition) is 3. The van der Waals surface area contributed by atoms with E-state index in [1.54, 1.807) is 18.9 Å². The molecule has 0 aliphatic rings. The van der Waals surface area contributed by atoms with Crippen LogP contribution in [0.3, 0.4) is 0 Å². The van der Waals surface area contributed by atoms with Crippen molar-refractivity contribution < 1.29 is 9.84 Å². The lowest BCUT2D eigenvalue weighted by Gasteiger charge is -2.24. The van der Waals surface area contributed by atoms with Crippen LogP contribution in [0.5, 0.6) is 0 Å². The quantitative estimate of drug-likeness (QED) is 0.806. The first-order chi connectivity index (χ1) is 8.04. The summed E-state index contributed by atoms with van der Waals surface area (Å²) in [6, 6.07) is 7.64. The molecule has 0 bridgehead atoms. The van der Waals surface area contributed by atoms with Crippen molar-refractivity contribution in [3.05, 3.63) is 29.3 Å². The van der Waals surface area contributed by atoms with Crippen LogP contribution in [0.1, 0.15) is 13.8 Å². The van der Waals surface area contributed by atoms with Gasteiger partial charge in [0.05, 0.1) is 12.2 Å². The van der Waals surface area contributed by atoms with Crippen LogP contribution in [-0.4, -0.2) is 30.2 Å². The van der Waals surface area contributed by atoms with Crippen molar-refractivity contribution in [3.8, 4) is 0 Å². The van der Waals surface area contributed by atoms with Crippen molar-refractivity contribution in [1.29, 1.82) is 0 Å². The van der Waals surface area contributed by atoms with Gasteiger partial charge in [0.15, 0.2) is 0 Å². The average molecular weight is 275 g/mol. The molecule has 96 valence electrons. The summed E-state index contributed by atoms with van der Waals surface area (Å²) in [4.78, 5) is 1.06. The summed E-state index contributed by atoms with van der Waals surface area (Å²) < 4.78 is 5.30. The molecular formula is C13H19ClO2S. The number of halogens is 1. The smallest absolute Gasteiger partial charge is 0.0897 e. The van der Waals surface area contributed by atoms with Crippen LogP contribution in [0.2, 0.25) is 5.02 Å². The van der Waals surface area contributed by atoms with Crippen molar-refractivity contribution in [1.82, 2.24) is 0 Å². The molecule has 0 fully saturated rings. The monoisotopic (exact) mass is 274 g/mol. The number of methoxy groups -OCH3 is 1. The van der Waals surface area contributed by atoms with Gasteiger partial charge in [0, 0.05) is 22.8 Å². The Morgan fingerprint density at radius 1 is 1.41 bits per heavy atom. The minimum atomic E-state index is -0.469. The Balaban J connectivity index is 2.50. The molecular weight excluding hydrogens is 256 g/mol. The van der Waals surface area contributed by atoms with Gasteiger partial charge < -0.3 is 9.84 Å². The summed E-state index contributed by atoms with van der Waals surface area (Å²) in [7, 11) is 1.64. The Hall–Kier alpha value is -0.220. The van der Waals surface area contributed by atoms with E-state index in [1.807, 2.05) is 38.1 Å². The molecule has 4 heteroatoms. The summed E-state index contributed by atoms with van der Waals surface area (Å²) >= 11 is 7.49. The van der Waals surface area contributed by atoms with E-state index in [9.17, 15) is 5.11 Å². The van der Waals surface area contributed by atoms with E-state index >= 15 is 0 Å². The van der Waals surface area contributed by atoms with Crippen LogP contribution >= 0.6 is 23.4 Å². The Morgan fingerprint density at radius 3 is 2.65 bits per heavy atom. The molecule has 0 aromatic heterocycles. The second-order valence-electron chi connectivity index (χ2n) is 4.28. The zero-order valence-corrected chi connectivity index (χ0v) is 12.0. The van der Waals surface area contributed by atoms with Crippen LogP contribution in [-0.2, 0) is 4.74 Å². The minimum Gasteiger partial charge on any atom is -0.390 e. The van der Waals surface area contributed by atoms with E-state index < -0.39 is 6.10 Å². The van der Waals surface area contributed by atoms with Crippen LogP contribution in [0.4, 0.5) is 0 Å². The topological polar surface area (TPSA) is 29.5 Å². The maximum absolute atomic E-state index is 10.0. The van der Waals surface area contributed by atoms with Gasteiger partial charge in [-0.2, -0.15) is 0 Å². The van der Waals surface area contributed by atoms with Gasteiger partial charge in [0.2, 0.25) is 0 Å². The maximum Gasteiger partial charge on any atom is 0.0897 e. The number of benzene rings is 1. The summed E-state index contributed by atoms with van der Waals surface area (Å²) in [5.74, 6) is 0.909. The van der Waals surface area contributed by atoms with Gasteiger partial charge in [-0.15, -0.1) is 11.8 Å². The first-order valence-corrected chi connectivity index (χ1v) is 7.00. The van der Waals surface area contributed by atoms with Gasteiger partial charge in [-0.05, 0) is 24.1 Å². The van der Waals surface area contributed by atoms with Crippen molar-refractivity contribution >= 4 is 23.4 Å². The molecule has 1 N–H and O–H groups in total. The molecule has 0 saturated carbocycles. The van der Waals surface area contributed by atoms with Gasteiger partial charge in [0.25, 0.3) is 0 Å². The first kappa shape index (κ1) is 14.8. The van der Waals surface area contributed by atoms with Gasteiger partial charge in [0.1, 0.15) is 0 Å². The molecule has 2 nitrogen and oxygen atoms in total. The predicted octanol–water partition coefficient (Wildman–Crippen LogP) is 3.46. The second-order valence-corrected chi connectivity index (χ2v) is 5.81. The van der Waals surface area contributed by atoms with Crippen LogP contribution < -0.4 is 0 Å². The van der Waals surface area contributed by atoms with Gasteiger partial charge >= 0.3 is 0 Å². The Bertz CT molecular complexity index is 344. The van der Waals surface area contributed by atoms with Crippen molar-refractivity contribution in [2.75, 3.05) is 12.9 Å². The standard InChI is InChI=1S/C13H19ClO2S/c1-9(2)13(16-3)12(15)8-17-11-6-4-5-10(14)7-11/h4-7,9,12-13,15H,8H2,1-3H3. The minimum absolute atomic E-state index is 0.123. The number of thioether (sulfide) groups is 1. The summed E-state index contributed by atoms with van der Waals surface area (Å²) in [5, 5.41) is 10.8. The number of aliphatic hydroxyl groups is 1. The van der Waals surface area contributed by atoms with E-state index in [0.717, 1.165) is 9.92 Å². The van der Waals surface area contributed by atoms with E-state index in [-0.39, 0.29) is 6.10 Å². The fourth-order valence-corrected chi connectivity index (χ4v) is 2.90. The van der Waals surface area contributed by atoms with Crippen molar-refractivity contribution in [2.24, 2.45) is 5.92 Å². The molecule has 1 aromatic carbocycles. The highest BCUT2D eigenvalue weighted by atomic mass is 35.5. The zero-order valence-electron chi connectivity index (χ0n) is 10.4. The molecule has 0 spiro atoms. The largest absolute Gasteiger partial charge is 0.390 e. The van der Waals surface area contributed by atoms with E-state index in [1.165, 1.54) is 0 Å². The Morgan fingerprint density at radius 2 is 2.12 bits per heavy atom. The van der Waals surface area contributed by atoms with Gasteiger partial charge in [-0.1, -0.05) is 31.5 Å². The fourth-order valence-electron chi connectivity index (χ4n) is 1.71. The lowest BCUT2D eigenvalue weighted by Crippen LogP contribution is -2.34. The highest BCUT2D eigenvalue weighted by Crippen LogP contribution is 2.24. The highest BCUT2D eigenvalue weighted by Gasteiger charge is 2.22. The summed E-state index contributed by atoms with van der Waals surface area (Å²) in [5.41, 5.74) is 0. The number of rotatable bonds is 6. The Labute approximate surface area is 112 Å². The Kier molecular flexibility index (Phi) is 6.34. The summed E-state index contributed by atoms with van der Waals surface area (Å²) in [6.45, 7) is 4.09. The van der Waals surface area contributed by atoms with Gasteiger partial charge in [-0.25, -0.2) is 0 Å². The number of ether oxygens (including phenoxy) is 1. The molecule has 0 heterocycles. The first-order valence-electron chi connectivity index (χ1n) is 5.63. The van der Waals surface area contributed by atoms with Crippen LogP contribution in [0, 0.1) is 5.92 Å². The molecule has 0 amide bonds. The van der Waals surface area contributed by atoms with Crippen molar-refractivity contribution in [2.45, 2.75) is 31.0 Å². The SMILES string of the molecule is COC(C(C)C)C(O)CSc1cccc(Cl)c1. The molecule has 1 rings (SSSR count). The van der Waals surface area contributed by atoms with E-state index in [4.69, 9.17) is 16.3 Å². The molecule has 17 heavy (non-hydrogen) atoms. The van der Waals surface area contributed by atoms with Gasteiger partial charge in [-0.3, -0.25) is 0 Å². The zero-order chi connectivity index (χ0) is 12.8. The molecule has 2 unspecified atom stereocenters. The molecule has 0 radical (unpaired) electrons. The normalized spacial score (nSPS) is 14.9. The van der Waals surface area contributed by atoms with Crippen LogP contribution in [0.15, 0.2) is 29.2 Å². The lowest BCUT2D eigenvalue weighted by molar-refractivity contribution is -0.0263. The summed E-state index contributed by atoms with van der Waals surface area (Å²) in [6.07, 6.45) is -0.592. The molecule has 0 saturated heterocycles. The third kappa shape index (κ3) is 4.88. The molecule has 0 aliphatic carbocycles. The molecule has 1 aromatic rings. The van der Waals surface area contributed by atoms with E-state index in [0.29, 0.717) is 11.7 Å². The van der Waals surface area contributed by atoms with E-state index in [2.05, 4.69) is 0 Å². The average Bonchev–Trinajstić information content (AvgIpc) is 2.27. The third-order valence-corrected chi connectivity index (χ3v) is 3.86. The predicted molar refractivity (Wildman–Crippen MR) is 73.8 cm³/mol. The lowest BCUT2D eigenvalue weighted by atomic mass is 10.0. The fraction of sp³-hybridized carbons (Fsp3) is 0.538. The third-order valence-electron chi connectivity index (χ3n) is 2.53. The molecule has 2 atom stereocenters. The highest BCUT2D eigenvalue weighted by molar-refractivity contribution is 7.99. The number of hydrogen-bond donors (Lipinski definition) is 1. The van der Waals surface area contributed by atoms with Crippen LogP contribution in [0.25, 0.3) is 0 Å². The second kappa shape index (κ2) is 7.27. The van der Waals surface area contributed by atoms with Crippen molar-refractivity contribution in [3.63, 3.8) is 0 Å². The molecule has 0 aliphatic heterocycles.